The van der Waals surface area contributed by atoms with Crippen LogP contribution in [0.4, 0.5) is 0 Å². The highest BCUT2D eigenvalue weighted by atomic mass is 16.4. The third kappa shape index (κ3) is 3.07. The molecule has 0 radical (unpaired) electrons. The summed E-state index contributed by atoms with van der Waals surface area (Å²) in [4.78, 5) is 11.3. The van der Waals surface area contributed by atoms with Gasteiger partial charge in [0.2, 0.25) is 0 Å². The molecular weight excluding hydrogens is 242 g/mol. The lowest BCUT2D eigenvalue weighted by molar-refractivity contribution is -0.141. The van der Waals surface area contributed by atoms with Gasteiger partial charge >= 0.3 is 5.97 Å². The van der Waals surface area contributed by atoms with Gasteiger partial charge in [0.1, 0.15) is 11.8 Å². The van der Waals surface area contributed by atoms with Crippen molar-refractivity contribution in [2.75, 3.05) is 0 Å². The van der Waals surface area contributed by atoms with Gasteiger partial charge in [-0.05, 0) is 48.4 Å². The zero-order chi connectivity index (χ0) is 14.0. The second kappa shape index (κ2) is 5.61. The number of phenols is 1. The SMILES string of the molecule is CC(C)C(NC1CCCc2ccc(O)cc21)C(=O)O. The fourth-order valence-corrected chi connectivity index (χ4v) is 2.73. The highest BCUT2D eigenvalue weighted by Crippen LogP contribution is 2.32. The zero-order valence-corrected chi connectivity index (χ0v) is 11.4. The molecular formula is C15H21NO3. The van der Waals surface area contributed by atoms with E-state index >= 15 is 0 Å². The van der Waals surface area contributed by atoms with Crippen molar-refractivity contribution in [3.05, 3.63) is 29.3 Å². The topological polar surface area (TPSA) is 69.6 Å². The molecule has 0 saturated heterocycles. The minimum absolute atomic E-state index is 0.0133. The number of phenolic OH excluding ortho intramolecular Hbond substituents is 1. The summed E-state index contributed by atoms with van der Waals surface area (Å²) in [5.74, 6) is -0.550. The van der Waals surface area contributed by atoms with Gasteiger partial charge in [-0.2, -0.15) is 0 Å². The van der Waals surface area contributed by atoms with Gasteiger partial charge in [0.15, 0.2) is 0 Å². The summed E-state index contributed by atoms with van der Waals surface area (Å²) >= 11 is 0. The molecule has 4 heteroatoms. The fraction of sp³-hybridized carbons (Fsp3) is 0.533. The normalized spacial score (nSPS) is 20.1. The molecule has 0 bridgehead atoms. The Hall–Kier alpha value is -1.55. The molecule has 0 saturated carbocycles. The number of nitrogens with one attached hydrogen (secondary N) is 1. The van der Waals surface area contributed by atoms with E-state index in [4.69, 9.17) is 0 Å². The maximum Gasteiger partial charge on any atom is 0.320 e. The number of aromatic hydroxyl groups is 1. The van der Waals surface area contributed by atoms with Crippen molar-refractivity contribution >= 4 is 5.97 Å². The van der Waals surface area contributed by atoms with Crippen LogP contribution in [0.3, 0.4) is 0 Å². The van der Waals surface area contributed by atoms with Gasteiger partial charge in [-0.15, -0.1) is 0 Å². The van der Waals surface area contributed by atoms with Gasteiger partial charge in [-0.3, -0.25) is 10.1 Å². The first-order valence-corrected chi connectivity index (χ1v) is 6.79. The van der Waals surface area contributed by atoms with Crippen LogP contribution in [0.15, 0.2) is 18.2 Å². The Morgan fingerprint density at radius 3 is 2.79 bits per heavy atom. The van der Waals surface area contributed by atoms with Gasteiger partial charge < -0.3 is 10.2 Å². The van der Waals surface area contributed by atoms with Gasteiger partial charge in [0.25, 0.3) is 0 Å². The number of carboxylic acid groups (broad SMARTS) is 1. The van der Waals surface area contributed by atoms with Crippen LogP contribution in [0.1, 0.15) is 43.9 Å². The minimum atomic E-state index is -0.817. The maximum atomic E-state index is 11.3. The van der Waals surface area contributed by atoms with Crippen LogP contribution >= 0.6 is 0 Å². The number of rotatable bonds is 4. The number of hydrogen-bond acceptors (Lipinski definition) is 3. The lowest BCUT2D eigenvalue weighted by Gasteiger charge is -2.30. The summed E-state index contributed by atoms with van der Waals surface area (Å²) in [6, 6.07) is 4.84. The third-order valence-corrected chi connectivity index (χ3v) is 3.76. The summed E-state index contributed by atoms with van der Waals surface area (Å²) in [7, 11) is 0. The van der Waals surface area contributed by atoms with E-state index in [1.807, 2.05) is 19.9 Å². The molecule has 2 rings (SSSR count). The number of aryl methyl sites for hydroxylation is 1. The average molecular weight is 263 g/mol. The van der Waals surface area contributed by atoms with Crippen molar-refractivity contribution in [3.8, 4) is 5.75 Å². The predicted molar refractivity (Wildman–Crippen MR) is 73.2 cm³/mol. The fourth-order valence-electron chi connectivity index (χ4n) is 2.73. The molecule has 3 N–H and O–H groups in total. The van der Waals surface area contributed by atoms with E-state index in [9.17, 15) is 15.0 Å². The Morgan fingerprint density at radius 1 is 1.42 bits per heavy atom. The van der Waals surface area contributed by atoms with Gasteiger partial charge in [-0.25, -0.2) is 0 Å². The van der Waals surface area contributed by atoms with E-state index < -0.39 is 12.0 Å². The van der Waals surface area contributed by atoms with Crippen molar-refractivity contribution in [3.63, 3.8) is 0 Å². The summed E-state index contributed by atoms with van der Waals surface area (Å²) in [6.07, 6.45) is 2.94. The van der Waals surface area contributed by atoms with Crippen molar-refractivity contribution in [1.29, 1.82) is 0 Å². The first-order chi connectivity index (χ1) is 8.99. The molecule has 4 nitrogen and oxygen atoms in total. The molecule has 0 heterocycles. The number of carbonyl (C=O) groups is 1. The summed E-state index contributed by atoms with van der Waals surface area (Å²) < 4.78 is 0. The predicted octanol–water partition coefficient (Wildman–Crippen LogP) is 2.47. The van der Waals surface area contributed by atoms with Crippen molar-refractivity contribution in [2.24, 2.45) is 5.92 Å². The van der Waals surface area contributed by atoms with Crippen LogP contribution in [0.25, 0.3) is 0 Å². The molecule has 1 aliphatic carbocycles. The van der Waals surface area contributed by atoms with E-state index in [1.54, 1.807) is 12.1 Å². The second-order valence-electron chi connectivity index (χ2n) is 5.55. The third-order valence-electron chi connectivity index (χ3n) is 3.76. The van der Waals surface area contributed by atoms with Gasteiger partial charge in [0.05, 0.1) is 0 Å². The van der Waals surface area contributed by atoms with Crippen LogP contribution < -0.4 is 5.32 Å². The Balaban J connectivity index is 2.23. The van der Waals surface area contributed by atoms with E-state index in [0.29, 0.717) is 0 Å². The molecule has 1 aromatic carbocycles. The molecule has 1 aromatic rings. The quantitative estimate of drug-likeness (QED) is 0.780. The largest absolute Gasteiger partial charge is 0.508 e. The Kier molecular flexibility index (Phi) is 4.10. The lowest BCUT2D eigenvalue weighted by Crippen LogP contribution is -2.43. The van der Waals surface area contributed by atoms with Crippen LogP contribution in [0.2, 0.25) is 0 Å². The van der Waals surface area contributed by atoms with Gasteiger partial charge in [0, 0.05) is 6.04 Å². The smallest absolute Gasteiger partial charge is 0.320 e. The van der Waals surface area contributed by atoms with E-state index in [2.05, 4.69) is 5.32 Å². The first kappa shape index (κ1) is 13.9. The second-order valence-corrected chi connectivity index (χ2v) is 5.55. The molecule has 104 valence electrons. The molecule has 2 unspecified atom stereocenters. The van der Waals surface area contributed by atoms with Crippen LogP contribution in [-0.4, -0.2) is 22.2 Å². The molecule has 0 aliphatic heterocycles. The summed E-state index contributed by atoms with van der Waals surface area (Å²) in [5, 5.41) is 22.1. The highest BCUT2D eigenvalue weighted by molar-refractivity contribution is 5.73. The number of aliphatic carboxylic acids is 1. The molecule has 0 spiro atoms. The monoisotopic (exact) mass is 263 g/mol. The standard InChI is InChI=1S/C15H21NO3/c1-9(2)14(15(18)19)16-13-5-3-4-10-6-7-11(17)8-12(10)13/h6-9,13-14,16-17H,3-5H2,1-2H3,(H,18,19). The first-order valence-electron chi connectivity index (χ1n) is 6.79. The summed E-state index contributed by atoms with van der Waals surface area (Å²) in [6.45, 7) is 3.80. The lowest BCUT2D eigenvalue weighted by atomic mass is 9.86. The minimum Gasteiger partial charge on any atom is -0.508 e. The molecule has 1 aliphatic rings. The van der Waals surface area contributed by atoms with E-state index in [1.165, 1.54) is 5.56 Å². The van der Waals surface area contributed by atoms with Crippen molar-refractivity contribution in [2.45, 2.75) is 45.2 Å². The number of benzene rings is 1. The summed E-state index contributed by atoms with van der Waals surface area (Å²) in [5.41, 5.74) is 2.24. The molecule has 0 aromatic heterocycles. The average Bonchev–Trinajstić information content (AvgIpc) is 2.35. The van der Waals surface area contributed by atoms with Crippen molar-refractivity contribution < 1.29 is 15.0 Å². The van der Waals surface area contributed by atoms with E-state index in [-0.39, 0.29) is 17.7 Å². The number of fused-ring (bicyclic) bond motifs is 1. The Morgan fingerprint density at radius 2 is 2.16 bits per heavy atom. The van der Waals surface area contributed by atoms with Crippen LogP contribution in [0.5, 0.6) is 5.75 Å². The highest BCUT2D eigenvalue weighted by Gasteiger charge is 2.28. The van der Waals surface area contributed by atoms with Crippen LogP contribution in [-0.2, 0) is 11.2 Å². The Bertz CT molecular complexity index is 470. The van der Waals surface area contributed by atoms with E-state index in [0.717, 1.165) is 24.8 Å². The molecule has 19 heavy (non-hydrogen) atoms. The van der Waals surface area contributed by atoms with Gasteiger partial charge in [-0.1, -0.05) is 19.9 Å². The van der Waals surface area contributed by atoms with Crippen molar-refractivity contribution in [1.82, 2.24) is 5.32 Å². The molecule has 2 atom stereocenters. The molecule has 0 fully saturated rings. The number of hydrogen-bond donors (Lipinski definition) is 3. The zero-order valence-electron chi connectivity index (χ0n) is 11.4. The maximum absolute atomic E-state index is 11.3. The molecule has 0 amide bonds. The Labute approximate surface area is 113 Å². The van der Waals surface area contributed by atoms with Crippen LogP contribution in [0, 0.1) is 5.92 Å². The number of carboxylic acids is 1.